The quantitative estimate of drug-likeness (QED) is 0.787. The molecule has 25 heavy (non-hydrogen) atoms. The third-order valence-electron chi connectivity index (χ3n) is 5.25. The zero-order valence-corrected chi connectivity index (χ0v) is 16.0. The highest BCUT2D eigenvalue weighted by atomic mass is 32.1. The highest BCUT2D eigenvalue weighted by Gasteiger charge is 2.27. The Morgan fingerprint density at radius 1 is 1.28 bits per heavy atom. The number of hydrogen-bond acceptors (Lipinski definition) is 7. The summed E-state index contributed by atoms with van der Waals surface area (Å²) in [6.45, 7) is 6.00. The maximum atomic E-state index is 5.08. The van der Waals surface area contributed by atoms with Crippen LogP contribution < -0.4 is 0 Å². The van der Waals surface area contributed by atoms with Gasteiger partial charge in [0.1, 0.15) is 0 Å². The average Bonchev–Trinajstić information content (AvgIpc) is 3.28. The van der Waals surface area contributed by atoms with E-state index in [1.165, 1.54) is 48.5 Å². The van der Waals surface area contributed by atoms with Gasteiger partial charge in [-0.25, -0.2) is 4.98 Å². The summed E-state index contributed by atoms with van der Waals surface area (Å²) in [6.07, 6.45) is 8.45. The minimum Gasteiger partial charge on any atom is -0.340 e. The molecule has 0 bridgehead atoms. The van der Waals surface area contributed by atoms with Crippen LogP contribution in [0.25, 0.3) is 0 Å². The van der Waals surface area contributed by atoms with Gasteiger partial charge in [-0.2, -0.15) is 4.98 Å². The number of rotatable bonds is 6. The fraction of sp³-hybridized carbons (Fsp3) is 0.722. The molecule has 6 nitrogen and oxygen atoms in total. The molecule has 0 spiro atoms. The van der Waals surface area contributed by atoms with E-state index in [1.54, 1.807) is 0 Å². The fourth-order valence-corrected chi connectivity index (χ4v) is 4.76. The molecule has 2 aromatic rings. The molecule has 7 heteroatoms. The van der Waals surface area contributed by atoms with E-state index in [1.807, 2.05) is 18.3 Å². The van der Waals surface area contributed by atoms with Crippen molar-refractivity contribution < 1.29 is 4.52 Å². The van der Waals surface area contributed by atoms with Gasteiger partial charge in [0.25, 0.3) is 0 Å². The Labute approximate surface area is 153 Å². The SMILES string of the molecule is Cc1nc(CN(C)[C@H]2CCCN(Cc3cnc(C4CC4)s3)CC2)no1. The van der Waals surface area contributed by atoms with Crippen molar-refractivity contribution in [3.63, 3.8) is 0 Å². The van der Waals surface area contributed by atoms with Gasteiger partial charge in [0.05, 0.1) is 11.6 Å². The second-order valence-corrected chi connectivity index (χ2v) is 8.59. The molecule has 0 unspecified atom stereocenters. The molecule has 0 aromatic carbocycles. The van der Waals surface area contributed by atoms with Gasteiger partial charge in [0.15, 0.2) is 5.82 Å². The van der Waals surface area contributed by atoms with E-state index in [4.69, 9.17) is 4.52 Å². The molecule has 1 saturated heterocycles. The van der Waals surface area contributed by atoms with Crippen molar-refractivity contribution >= 4 is 11.3 Å². The molecule has 2 aromatic heterocycles. The monoisotopic (exact) mass is 361 g/mol. The Kier molecular flexibility index (Phi) is 5.15. The second kappa shape index (κ2) is 7.51. The summed E-state index contributed by atoms with van der Waals surface area (Å²) in [5.41, 5.74) is 0. The number of likely N-dealkylation sites (tertiary alicyclic amines) is 1. The van der Waals surface area contributed by atoms with Gasteiger partial charge in [-0.3, -0.25) is 9.80 Å². The van der Waals surface area contributed by atoms with Gasteiger partial charge in [0, 0.05) is 43.0 Å². The van der Waals surface area contributed by atoms with E-state index in [0.29, 0.717) is 11.9 Å². The van der Waals surface area contributed by atoms with Crippen LogP contribution in [0.5, 0.6) is 0 Å². The zero-order chi connectivity index (χ0) is 17.2. The molecule has 3 heterocycles. The highest BCUT2D eigenvalue weighted by Crippen LogP contribution is 2.41. The predicted octanol–water partition coefficient (Wildman–Crippen LogP) is 3.20. The van der Waals surface area contributed by atoms with Crippen LogP contribution in [-0.2, 0) is 13.1 Å². The van der Waals surface area contributed by atoms with Crippen molar-refractivity contribution in [2.45, 2.75) is 64.1 Å². The van der Waals surface area contributed by atoms with Crippen LogP contribution in [0, 0.1) is 6.92 Å². The Bertz CT molecular complexity index is 695. The molecule has 0 amide bonds. The Hall–Kier alpha value is -1.31. The van der Waals surface area contributed by atoms with E-state index < -0.39 is 0 Å². The molecule has 0 N–H and O–H groups in total. The highest BCUT2D eigenvalue weighted by molar-refractivity contribution is 7.11. The summed E-state index contributed by atoms with van der Waals surface area (Å²) in [7, 11) is 2.18. The van der Waals surface area contributed by atoms with Crippen LogP contribution in [0.3, 0.4) is 0 Å². The number of hydrogen-bond donors (Lipinski definition) is 0. The summed E-state index contributed by atoms with van der Waals surface area (Å²) < 4.78 is 5.08. The van der Waals surface area contributed by atoms with Crippen LogP contribution in [0.2, 0.25) is 0 Å². The molecule has 0 radical (unpaired) electrons. The van der Waals surface area contributed by atoms with E-state index in [2.05, 4.69) is 38.2 Å². The predicted molar refractivity (Wildman–Crippen MR) is 97.5 cm³/mol. The summed E-state index contributed by atoms with van der Waals surface area (Å²) in [6, 6.07) is 0.590. The van der Waals surface area contributed by atoms with Crippen molar-refractivity contribution in [3.05, 3.63) is 27.8 Å². The first-order valence-corrected chi connectivity index (χ1v) is 10.2. The first kappa shape index (κ1) is 17.1. The third-order valence-corrected chi connectivity index (χ3v) is 6.40. The van der Waals surface area contributed by atoms with Crippen molar-refractivity contribution in [3.8, 4) is 0 Å². The molecular formula is C18H27N5OS. The molecule has 4 rings (SSSR count). The number of nitrogens with zero attached hydrogens (tertiary/aromatic N) is 5. The summed E-state index contributed by atoms with van der Waals surface area (Å²) in [4.78, 5) is 15.3. The first-order chi connectivity index (χ1) is 12.2. The normalized spacial score (nSPS) is 22.4. The van der Waals surface area contributed by atoms with E-state index in [-0.39, 0.29) is 0 Å². The summed E-state index contributed by atoms with van der Waals surface area (Å²) in [5, 5.41) is 5.38. The molecule has 1 saturated carbocycles. The van der Waals surface area contributed by atoms with Gasteiger partial charge in [0.2, 0.25) is 5.89 Å². The van der Waals surface area contributed by atoms with E-state index >= 15 is 0 Å². The van der Waals surface area contributed by atoms with Crippen LogP contribution in [0.1, 0.15) is 59.6 Å². The van der Waals surface area contributed by atoms with Gasteiger partial charge < -0.3 is 4.52 Å². The number of aryl methyl sites for hydroxylation is 1. The maximum absolute atomic E-state index is 5.08. The Balaban J connectivity index is 1.28. The lowest BCUT2D eigenvalue weighted by molar-refractivity contribution is 0.200. The van der Waals surface area contributed by atoms with Crippen LogP contribution in [0.15, 0.2) is 10.7 Å². The molecular weight excluding hydrogens is 334 g/mol. The minimum absolute atomic E-state index is 0.590. The molecule has 1 aliphatic heterocycles. The fourth-order valence-electron chi connectivity index (χ4n) is 3.63. The van der Waals surface area contributed by atoms with Crippen LogP contribution in [0.4, 0.5) is 0 Å². The molecule has 1 atom stereocenters. The third kappa shape index (κ3) is 4.46. The average molecular weight is 362 g/mol. The van der Waals surface area contributed by atoms with Crippen molar-refractivity contribution in [2.24, 2.45) is 0 Å². The zero-order valence-electron chi connectivity index (χ0n) is 15.1. The van der Waals surface area contributed by atoms with Crippen LogP contribution >= 0.6 is 11.3 Å². The lowest BCUT2D eigenvalue weighted by atomic mass is 10.1. The minimum atomic E-state index is 0.590. The topological polar surface area (TPSA) is 58.3 Å². The summed E-state index contributed by atoms with van der Waals surface area (Å²) in [5.74, 6) is 2.21. The van der Waals surface area contributed by atoms with Crippen molar-refractivity contribution in [1.82, 2.24) is 24.9 Å². The lowest BCUT2D eigenvalue weighted by Crippen LogP contribution is -2.32. The second-order valence-electron chi connectivity index (χ2n) is 7.44. The van der Waals surface area contributed by atoms with E-state index in [9.17, 15) is 0 Å². The number of thiazole rings is 1. The van der Waals surface area contributed by atoms with Gasteiger partial charge in [-0.05, 0) is 45.7 Å². The number of aromatic nitrogens is 3. The Morgan fingerprint density at radius 3 is 2.92 bits per heavy atom. The molecule has 136 valence electrons. The van der Waals surface area contributed by atoms with Crippen molar-refractivity contribution in [2.75, 3.05) is 20.1 Å². The molecule has 2 fully saturated rings. The van der Waals surface area contributed by atoms with Gasteiger partial charge in [-0.1, -0.05) is 5.16 Å². The van der Waals surface area contributed by atoms with Crippen molar-refractivity contribution in [1.29, 1.82) is 0 Å². The van der Waals surface area contributed by atoms with E-state index in [0.717, 1.165) is 31.4 Å². The van der Waals surface area contributed by atoms with Gasteiger partial charge in [-0.15, -0.1) is 11.3 Å². The Morgan fingerprint density at radius 2 is 2.16 bits per heavy atom. The first-order valence-electron chi connectivity index (χ1n) is 9.34. The standard InChI is InChI=1S/C18H27N5OS/c1-13-20-17(21-24-13)12-22(2)15-4-3-8-23(9-7-15)11-16-10-19-18(25-16)14-5-6-14/h10,14-15H,3-9,11-12H2,1-2H3/t15-/m0/s1. The van der Waals surface area contributed by atoms with Crippen LogP contribution in [-0.4, -0.2) is 51.1 Å². The molecule has 1 aliphatic carbocycles. The van der Waals surface area contributed by atoms with Gasteiger partial charge >= 0.3 is 0 Å². The smallest absolute Gasteiger partial charge is 0.223 e. The molecule has 2 aliphatic rings. The summed E-state index contributed by atoms with van der Waals surface area (Å²) >= 11 is 1.92. The maximum Gasteiger partial charge on any atom is 0.223 e. The largest absolute Gasteiger partial charge is 0.340 e. The lowest BCUT2D eigenvalue weighted by Gasteiger charge is -2.26.